The van der Waals surface area contributed by atoms with E-state index in [0.29, 0.717) is 6.07 Å². The van der Waals surface area contributed by atoms with E-state index in [9.17, 15) is 49.0 Å². The van der Waals surface area contributed by atoms with E-state index in [1.807, 2.05) is 0 Å². The molecule has 0 aromatic heterocycles. The average Bonchev–Trinajstić information content (AvgIpc) is 2.81. The van der Waals surface area contributed by atoms with E-state index in [0.717, 1.165) is 19.1 Å². The van der Waals surface area contributed by atoms with Crippen LogP contribution < -0.4 is 10.6 Å². The fraction of sp³-hybridized carbons (Fsp3) is 0.619. The molecular formula is C21H28F2N2O11. The van der Waals surface area contributed by atoms with Crippen LogP contribution in [0, 0.1) is 11.6 Å². The number of nitrogens with one attached hydrogen (secondary N) is 2. The topological polar surface area (TPSA) is 207 Å². The summed E-state index contributed by atoms with van der Waals surface area (Å²) in [6.45, 7) is -0.465. The van der Waals surface area contributed by atoms with Gasteiger partial charge in [-0.2, -0.15) is 0 Å². The van der Waals surface area contributed by atoms with Gasteiger partial charge in [-0.1, -0.05) is 0 Å². The van der Waals surface area contributed by atoms with Crippen LogP contribution in [0.2, 0.25) is 0 Å². The van der Waals surface area contributed by atoms with Crippen molar-refractivity contribution in [1.82, 2.24) is 10.6 Å². The molecule has 0 spiro atoms. The van der Waals surface area contributed by atoms with Crippen LogP contribution in [0.5, 0.6) is 0 Å². The van der Waals surface area contributed by atoms with Crippen LogP contribution in [0.25, 0.3) is 0 Å². The Morgan fingerprint density at radius 1 is 0.889 bits per heavy atom. The fourth-order valence-corrected chi connectivity index (χ4v) is 4.09. The highest BCUT2D eigenvalue weighted by Gasteiger charge is 2.51. The molecule has 0 bridgehead atoms. The minimum Gasteiger partial charge on any atom is -0.394 e. The second-order valence-corrected chi connectivity index (χ2v) is 8.43. The van der Waals surface area contributed by atoms with Crippen molar-refractivity contribution in [1.29, 1.82) is 0 Å². The minimum absolute atomic E-state index is 0.458. The van der Waals surface area contributed by atoms with Crippen LogP contribution in [0.3, 0.4) is 0 Å². The van der Waals surface area contributed by atoms with Crippen LogP contribution in [0.1, 0.15) is 17.3 Å². The highest BCUT2D eigenvalue weighted by Crippen LogP contribution is 2.29. The van der Waals surface area contributed by atoms with Gasteiger partial charge in [-0.3, -0.25) is 9.59 Å². The van der Waals surface area contributed by atoms with Crippen molar-refractivity contribution in [2.75, 3.05) is 13.2 Å². The van der Waals surface area contributed by atoms with Crippen molar-refractivity contribution in [2.24, 2.45) is 0 Å². The van der Waals surface area contributed by atoms with Crippen LogP contribution in [-0.4, -0.2) is 117 Å². The van der Waals surface area contributed by atoms with Crippen LogP contribution in [0.4, 0.5) is 8.78 Å². The Bertz CT molecular complexity index is 921. The fourth-order valence-electron chi connectivity index (χ4n) is 4.09. The van der Waals surface area contributed by atoms with Crippen molar-refractivity contribution in [2.45, 2.75) is 68.2 Å². The van der Waals surface area contributed by atoms with E-state index in [1.54, 1.807) is 0 Å². The van der Waals surface area contributed by atoms with Gasteiger partial charge in [0.1, 0.15) is 54.3 Å². The summed E-state index contributed by atoms with van der Waals surface area (Å²) >= 11 is 0. The van der Waals surface area contributed by atoms with E-state index in [4.69, 9.17) is 14.2 Å². The van der Waals surface area contributed by atoms with E-state index < -0.39 is 104 Å². The van der Waals surface area contributed by atoms with Gasteiger partial charge in [0.05, 0.1) is 19.3 Å². The van der Waals surface area contributed by atoms with Crippen molar-refractivity contribution in [3.05, 3.63) is 35.4 Å². The smallest absolute Gasteiger partial charge is 0.251 e. The van der Waals surface area contributed by atoms with Gasteiger partial charge in [0, 0.05) is 18.6 Å². The van der Waals surface area contributed by atoms with Gasteiger partial charge in [0.25, 0.3) is 5.91 Å². The first-order chi connectivity index (χ1) is 17.0. The molecule has 0 aliphatic carbocycles. The summed E-state index contributed by atoms with van der Waals surface area (Å²) in [5.74, 6) is -3.78. The molecule has 2 aliphatic heterocycles. The second kappa shape index (κ2) is 11.8. The van der Waals surface area contributed by atoms with E-state index in [2.05, 4.69) is 10.6 Å². The highest BCUT2D eigenvalue weighted by molar-refractivity contribution is 5.94. The Hall–Kier alpha value is -2.34. The number of carbonyl (C=O) groups excluding carboxylic acids is 2. The number of hydrogen-bond acceptors (Lipinski definition) is 11. The second-order valence-electron chi connectivity index (χ2n) is 8.43. The molecule has 10 atom stereocenters. The number of aliphatic hydroxyl groups is 6. The van der Waals surface area contributed by atoms with Gasteiger partial charge in [-0.05, 0) is 12.1 Å². The number of amides is 2. The van der Waals surface area contributed by atoms with Crippen LogP contribution in [0.15, 0.2) is 18.2 Å². The molecule has 1 aromatic rings. The van der Waals surface area contributed by atoms with Gasteiger partial charge < -0.3 is 55.5 Å². The first-order valence-electron chi connectivity index (χ1n) is 10.9. The summed E-state index contributed by atoms with van der Waals surface area (Å²) in [5.41, 5.74) is -0.458. The molecule has 202 valence electrons. The summed E-state index contributed by atoms with van der Waals surface area (Å²) in [7, 11) is 0. The predicted molar refractivity (Wildman–Crippen MR) is 112 cm³/mol. The molecule has 2 fully saturated rings. The number of aliphatic hydroxyl groups excluding tert-OH is 6. The number of halogens is 2. The lowest BCUT2D eigenvalue weighted by Gasteiger charge is -2.47. The Morgan fingerprint density at radius 2 is 1.50 bits per heavy atom. The number of hydrogen-bond donors (Lipinski definition) is 8. The van der Waals surface area contributed by atoms with Gasteiger partial charge in [0.2, 0.25) is 5.91 Å². The Labute approximate surface area is 203 Å². The number of rotatable bonds is 7. The zero-order chi connectivity index (χ0) is 26.7. The molecule has 36 heavy (non-hydrogen) atoms. The summed E-state index contributed by atoms with van der Waals surface area (Å²) < 4.78 is 43.2. The molecule has 0 saturated carbocycles. The summed E-state index contributed by atoms with van der Waals surface area (Å²) in [5, 5.41) is 65.8. The van der Waals surface area contributed by atoms with Crippen LogP contribution in [-0.2, 0) is 19.0 Å². The molecule has 2 heterocycles. The molecule has 2 amide bonds. The van der Waals surface area contributed by atoms with E-state index in [-0.39, 0.29) is 0 Å². The summed E-state index contributed by atoms with van der Waals surface area (Å²) in [6, 6.07) is -0.994. The average molecular weight is 522 g/mol. The van der Waals surface area contributed by atoms with Gasteiger partial charge in [0.15, 0.2) is 12.6 Å². The van der Waals surface area contributed by atoms with Gasteiger partial charge in [-0.25, -0.2) is 8.78 Å². The zero-order valence-corrected chi connectivity index (χ0v) is 18.9. The standard InChI is InChI=1S/C21H28F2N2O11/c1-7(28)24-14-16(30)18(12(6-27)34-20(14)33)36-21-17(31)13(15(29)11(5-26)35-21)25-19(32)8-2-9(22)4-10(23)3-8/h2-4,11-18,20-21,26-27,29-31,33H,5-6H2,1H3,(H,24,28)(H,25,32)/t11-,12-,13+,14-,15+,16-,17-,18-,20-,21+/m1/s1. The normalized spacial score (nSPS) is 36.8. The maximum Gasteiger partial charge on any atom is 0.251 e. The molecule has 2 saturated heterocycles. The molecule has 0 radical (unpaired) electrons. The van der Waals surface area contributed by atoms with Crippen molar-refractivity contribution >= 4 is 11.8 Å². The molecule has 1 aromatic carbocycles. The van der Waals surface area contributed by atoms with Crippen LogP contribution >= 0.6 is 0 Å². The Morgan fingerprint density at radius 3 is 2.06 bits per heavy atom. The summed E-state index contributed by atoms with van der Waals surface area (Å²) in [6.07, 6.45) is -13.1. The monoisotopic (exact) mass is 522 g/mol. The largest absolute Gasteiger partial charge is 0.394 e. The lowest BCUT2D eigenvalue weighted by Crippen LogP contribution is -2.68. The zero-order valence-electron chi connectivity index (χ0n) is 18.9. The lowest BCUT2D eigenvalue weighted by molar-refractivity contribution is -0.334. The third kappa shape index (κ3) is 6.13. The Kier molecular flexibility index (Phi) is 9.26. The van der Waals surface area contributed by atoms with Crippen molar-refractivity contribution in [3.63, 3.8) is 0 Å². The first kappa shape index (κ1) is 28.2. The molecule has 13 nitrogen and oxygen atoms in total. The maximum atomic E-state index is 13.5. The molecular weight excluding hydrogens is 494 g/mol. The minimum atomic E-state index is -1.87. The molecule has 3 rings (SSSR count). The van der Waals surface area contributed by atoms with Crippen molar-refractivity contribution in [3.8, 4) is 0 Å². The third-order valence-electron chi connectivity index (χ3n) is 5.84. The van der Waals surface area contributed by atoms with Crippen molar-refractivity contribution < 1.29 is 63.2 Å². The molecule has 15 heteroatoms. The molecule has 2 aliphatic rings. The number of benzene rings is 1. The lowest BCUT2D eigenvalue weighted by atomic mass is 9.94. The quantitative estimate of drug-likeness (QED) is 0.176. The molecule has 8 N–H and O–H groups in total. The van der Waals surface area contributed by atoms with E-state index >= 15 is 0 Å². The van der Waals surface area contributed by atoms with E-state index in [1.165, 1.54) is 0 Å². The first-order valence-corrected chi connectivity index (χ1v) is 10.9. The highest BCUT2D eigenvalue weighted by atomic mass is 19.1. The van der Waals surface area contributed by atoms with Gasteiger partial charge in [-0.15, -0.1) is 0 Å². The maximum absolute atomic E-state index is 13.5. The third-order valence-corrected chi connectivity index (χ3v) is 5.84. The Balaban J connectivity index is 1.82. The summed E-state index contributed by atoms with van der Waals surface area (Å²) in [4.78, 5) is 24.0. The number of carbonyl (C=O) groups is 2. The predicted octanol–water partition coefficient (Wildman–Crippen LogP) is -3.54. The van der Waals surface area contributed by atoms with Gasteiger partial charge >= 0.3 is 0 Å². The molecule has 0 unspecified atom stereocenters. The number of ether oxygens (including phenoxy) is 3. The SMILES string of the molecule is CC(=O)N[C@@H]1[C@@H](O)[C@H](O[C@@H]2O[C@H](CO)[C@H](O)[C@H](NC(=O)c3cc(F)cc(F)c3)[C@H]2O)[C@@H](CO)O[C@H]1O.